The van der Waals surface area contributed by atoms with Gasteiger partial charge in [-0.3, -0.25) is 14.9 Å². The average Bonchev–Trinajstić information content (AvgIpc) is 3.09. The molecular weight excluding hydrogens is 473 g/mol. The predicted octanol–water partition coefficient (Wildman–Crippen LogP) is 1.55. The summed E-state index contributed by atoms with van der Waals surface area (Å²) in [5.74, 6) is -0.942. The molecule has 1 atom stereocenters. The van der Waals surface area contributed by atoms with Gasteiger partial charge < -0.3 is 10.2 Å². The first kappa shape index (κ1) is 23.0. The molecule has 2 heterocycles. The van der Waals surface area contributed by atoms with Gasteiger partial charge in [0, 0.05) is 18.3 Å². The first-order chi connectivity index (χ1) is 14.4. The lowest BCUT2D eigenvalue weighted by Gasteiger charge is -2.14. The molecule has 14 heteroatoms. The first-order valence-corrected chi connectivity index (χ1v) is 11.0. The van der Waals surface area contributed by atoms with Crippen molar-refractivity contribution in [2.45, 2.75) is 35.9 Å². The van der Waals surface area contributed by atoms with Gasteiger partial charge in [-0.1, -0.05) is 37.0 Å². The maximum atomic E-state index is 13.2. The summed E-state index contributed by atoms with van der Waals surface area (Å²) in [5, 5.41) is 7.53. The lowest BCUT2D eigenvalue weighted by molar-refractivity contribution is -0.119. The molecule has 31 heavy (non-hydrogen) atoms. The number of benzene rings is 1. The van der Waals surface area contributed by atoms with Gasteiger partial charge in [-0.05, 0) is 24.1 Å². The van der Waals surface area contributed by atoms with Gasteiger partial charge in [0.1, 0.15) is 4.90 Å². The minimum absolute atomic E-state index is 0.0817. The number of nitrogens with zero attached hydrogens (tertiary/aromatic N) is 2. The van der Waals surface area contributed by atoms with Crippen molar-refractivity contribution < 1.29 is 22.8 Å². The summed E-state index contributed by atoms with van der Waals surface area (Å²) >= 11 is 12.4. The lowest BCUT2D eigenvalue weighted by atomic mass is 10.1. The van der Waals surface area contributed by atoms with Crippen LogP contribution in [0.15, 0.2) is 32.9 Å². The standard InChI is InChI=1S/C17H17Cl2N5O6S/c1-7(2)9-6-12(22-24(3)16(9)26)31(28,29)13-10(18)4-8(5-11(13)19)20-15(25)14-21-17(27)30-23-14/h4-7,14,23H,1-3H3,(H,20,25)(H,21,27). The molecule has 0 saturated carbocycles. The third-order valence-electron chi connectivity index (χ3n) is 4.29. The van der Waals surface area contributed by atoms with Crippen LogP contribution in [0, 0.1) is 0 Å². The van der Waals surface area contributed by atoms with Crippen molar-refractivity contribution in [1.82, 2.24) is 20.6 Å². The zero-order chi connectivity index (χ0) is 23.1. The van der Waals surface area contributed by atoms with Crippen LogP contribution in [0.2, 0.25) is 10.0 Å². The molecule has 11 nitrogen and oxygen atoms in total. The molecule has 0 aliphatic carbocycles. The average molecular weight is 490 g/mol. The maximum Gasteiger partial charge on any atom is 0.427 e. The number of aromatic nitrogens is 2. The van der Waals surface area contributed by atoms with Crippen LogP contribution in [-0.4, -0.2) is 36.4 Å². The number of carbonyl (C=O) groups excluding carboxylic acids is 2. The Morgan fingerprint density at radius 3 is 2.35 bits per heavy atom. The summed E-state index contributed by atoms with van der Waals surface area (Å²) in [4.78, 5) is 39.3. The van der Waals surface area contributed by atoms with Gasteiger partial charge in [0.25, 0.3) is 11.5 Å². The molecule has 3 N–H and O–H groups in total. The Morgan fingerprint density at radius 2 is 1.84 bits per heavy atom. The second kappa shape index (κ2) is 8.46. The molecular formula is C17H17Cl2N5O6S. The number of halogens is 2. The van der Waals surface area contributed by atoms with Crippen LogP contribution < -0.4 is 21.7 Å². The number of hydrogen-bond acceptors (Lipinski definition) is 8. The number of nitrogens with one attached hydrogen (secondary N) is 3. The summed E-state index contributed by atoms with van der Waals surface area (Å²) in [6.07, 6.45) is -1.99. The number of amides is 2. The summed E-state index contributed by atoms with van der Waals surface area (Å²) in [5.41, 5.74) is 2.10. The molecule has 1 aromatic heterocycles. The third kappa shape index (κ3) is 4.51. The van der Waals surface area contributed by atoms with E-state index in [9.17, 15) is 22.8 Å². The quantitative estimate of drug-likeness (QED) is 0.572. The molecule has 166 valence electrons. The van der Waals surface area contributed by atoms with Crippen molar-refractivity contribution >= 4 is 50.7 Å². The van der Waals surface area contributed by atoms with Crippen molar-refractivity contribution in [2.24, 2.45) is 7.05 Å². The molecule has 1 fully saturated rings. The van der Waals surface area contributed by atoms with E-state index < -0.39 is 43.5 Å². The van der Waals surface area contributed by atoms with Crippen LogP contribution in [0.4, 0.5) is 10.5 Å². The van der Waals surface area contributed by atoms with E-state index in [-0.39, 0.29) is 27.2 Å². The zero-order valence-electron chi connectivity index (χ0n) is 16.4. The topological polar surface area (TPSA) is 148 Å². The van der Waals surface area contributed by atoms with Crippen molar-refractivity contribution in [3.8, 4) is 0 Å². The minimum atomic E-state index is -4.30. The highest BCUT2D eigenvalue weighted by atomic mass is 35.5. The van der Waals surface area contributed by atoms with Gasteiger partial charge in [-0.2, -0.15) is 5.10 Å². The Bertz CT molecular complexity index is 1220. The van der Waals surface area contributed by atoms with Gasteiger partial charge in [0.15, 0.2) is 11.2 Å². The second-order valence-corrected chi connectivity index (χ2v) is 9.52. The Hall–Kier alpha value is -2.67. The minimum Gasteiger partial charge on any atom is -0.351 e. The molecule has 1 saturated heterocycles. The molecule has 1 unspecified atom stereocenters. The van der Waals surface area contributed by atoms with Crippen LogP contribution in [0.3, 0.4) is 0 Å². The van der Waals surface area contributed by atoms with Gasteiger partial charge in [0.05, 0.1) is 10.0 Å². The zero-order valence-corrected chi connectivity index (χ0v) is 18.7. The largest absolute Gasteiger partial charge is 0.427 e. The molecule has 0 spiro atoms. The summed E-state index contributed by atoms with van der Waals surface area (Å²) in [6, 6.07) is 3.56. The van der Waals surface area contributed by atoms with E-state index in [0.717, 1.165) is 4.68 Å². The SMILES string of the molecule is CC(C)c1cc(S(=O)(=O)c2c(Cl)cc(NC(=O)C3NOC(=O)N3)cc2Cl)nn(C)c1=O. The van der Waals surface area contributed by atoms with E-state index in [1.54, 1.807) is 13.8 Å². The highest BCUT2D eigenvalue weighted by Crippen LogP contribution is 2.36. The number of anilines is 1. The Morgan fingerprint density at radius 1 is 1.23 bits per heavy atom. The number of carbonyl (C=O) groups is 2. The fourth-order valence-corrected chi connectivity index (χ4v) is 5.21. The monoisotopic (exact) mass is 489 g/mol. The van der Waals surface area contributed by atoms with Gasteiger partial charge in [-0.15, -0.1) is 5.48 Å². The van der Waals surface area contributed by atoms with Gasteiger partial charge in [0.2, 0.25) is 9.84 Å². The van der Waals surface area contributed by atoms with E-state index in [1.807, 2.05) is 0 Å². The fraction of sp³-hybridized carbons (Fsp3) is 0.294. The number of aryl methyl sites for hydroxylation is 1. The number of rotatable bonds is 5. The summed E-state index contributed by atoms with van der Waals surface area (Å²) < 4.78 is 27.3. The Kier molecular flexibility index (Phi) is 6.28. The van der Waals surface area contributed by atoms with E-state index in [4.69, 9.17) is 23.2 Å². The lowest BCUT2D eigenvalue weighted by Crippen LogP contribution is -2.43. The van der Waals surface area contributed by atoms with E-state index in [2.05, 4.69) is 26.0 Å². The van der Waals surface area contributed by atoms with Crippen LogP contribution in [0.25, 0.3) is 0 Å². The van der Waals surface area contributed by atoms with Crippen LogP contribution in [0.5, 0.6) is 0 Å². The van der Waals surface area contributed by atoms with Crippen molar-refractivity contribution in [3.05, 3.63) is 44.2 Å². The van der Waals surface area contributed by atoms with Gasteiger partial charge in [-0.25, -0.2) is 17.9 Å². The molecule has 2 amide bonds. The number of sulfone groups is 1. The molecule has 1 aliphatic rings. The van der Waals surface area contributed by atoms with Crippen molar-refractivity contribution in [3.63, 3.8) is 0 Å². The molecule has 1 aliphatic heterocycles. The first-order valence-electron chi connectivity index (χ1n) is 8.78. The summed E-state index contributed by atoms with van der Waals surface area (Å²) in [7, 11) is -2.96. The smallest absolute Gasteiger partial charge is 0.351 e. The molecule has 2 aromatic rings. The normalized spacial score (nSPS) is 16.2. The molecule has 0 bridgehead atoms. The highest BCUT2D eigenvalue weighted by Gasteiger charge is 2.31. The van der Waals surface area contributed by atoms with E-state index >= 15 is 0 Å². The third-order valence-corrected chi connectivity index (χ3v) is 6.84. The van der Waals surface area contributed by atoms with Crippen molar-refractivity contribution in [1.29, 1.82) is 0 Å². The second-order valence-electron chi connectivity index (χ2n) is 6.87. The number of hydrogen-bond donors (Lipinski definition) is 3. The van der Waals surface area contributed by atoms with Crippen molar-refractivity contribution in [2.75, 3.05) is 5.32 Å². The van der Waals surface area contributed by atoms with Crippen LogP contribution in [0.1, 0.15) is 25.3 Å². The maximum absolute atomic E-state index is 13.2. The van der Waals surface area contributed by atoms with Crippen LogP contribution in [-0.2, 0) is 26.5 Å². The van der Waals surface area contributed by atoms with Gasteiger partial charge >= 0.3 is 6.09 Å². The Labute approximate surface area is 186 Å². The predicted molar refractivity (Wildman–Crippen MR) is 111 cm³/mol. The highest BCUT2D eigenvalue weighted by molar-refractivity contribution is 7.91. The summed E-state index contributed by atoms with van der Waals surface area (Å²) in [6.45, 7) is 3.49. The Balaban J connectivity index is 1.99. The fourth-order valence-electron chi connectivity index (χ4n) is 2.76. The molecule has 3 rings (SSSR count). The molecule has 1 aromatic carbocycles. The molecule has 0 radical (unpaired) electrons. The van der Waals surface area contributed by atoms with E-state index in [1.165, 1.54) is 25.2 Å². The van der Waals surface area contributed by atoms with Crippen LogP contribution >= 0.6 is 23.2 Å². The van der Waals surface area contributed by atoms with E-state index in [0.29, 0.717) is 0 Å². The number of hydroxylamine groups is 1.